The molecule has 0 aliphatic heterocycles. The Morgan fingerprint density at radius 3 is 2.42 bits per heavy atom. The zero-order valence-corrected chi connectivity index (χ0v) is 13.1. The van der Waals surface area contributed by atoms with Gasteiger partial charge < -0.3 is 10.1 Å². The Morgan fingerprint density at radius 2 is 1.75 bits per heavy atom. The van der Waals surface area contributed by atoms with Crippen LogP contribution in [0.3, 0.4) is 0 Å². The van der Waals surface area contributed by atoms with Gasteiger partial charge in [-0.1, -0.05) is 48.5 Å². The van der Waals surface area contributed by atoms with Crippen molar-refractivity contribution in [2.24, 2.45) is 0 Å². The zero-order valence-electron chi connectivity index (χ0n) is 13.1. The van der Waals surface area contributed by atoms with E-state index >= 15 is 0 Å². The van der Waals surface area contributed by atoms with Gasteiger partial charge in [-0.3, -0.25) is 9.59 Å². The van der Waals surface area contributed by atoms with E-state index in [-0.39, 0.29) is 23.9 Å². The smallest absolute Gasteiger partial charge is 0.311 e. The van der Waals surface area contributed by atoms with E-state index in [0.717, 1.165) is 12.8 Å². The number of carbonyl (C=O) groups is 2. The second-order valence-electron chi connectivity index (χ2n) is 5.83. The molecule has 124 valence electrons. The minimum absolute atomic E-state index is 0.161. The fraction of sp³-hybridized carbons (Fsp3) is 0.263. The normalized spacial score (nSPS) is 14.7. The van der Waals surface area contributed by atoms with E-state index < -0.39 is 17.9 Å². The van der Waals surface area contributed by atoms with Crippen LogP contribution in [-0.4, -0.2) is 17.9 Å². The zero-order chi connectivity index (χ0) is 16.9. The van der Waals surface area contributed by atoms with E-state index in [1.807, 2.05) is 6.07 Å². The molecule has 0 saturated heterocycles. The van der Waals surface area contributed by atoms with Crippen LogP contribution in [0.5, 0.6) is 0 Å². The number of hydrogen-bond donors (Lipinski definition) is 1. The molecule has 1 aliphatic carbocycles. The molecule has 1 amide bonds. The molecule has 4 nitrogen and oxygen atoms in total. The molecule has 3 rings (SSSR count). The molecule has 0 aromatic heterocycles. The lowest BCUT2D eigenvalue weighted by molar-refractivity contribution is -0.156. The third-order valence-corrected chi connectivity index (χ3v) is 3.81. The molecule has 1 aliphatic rings. The van der Waals surface area contributed by atoms with E-state index in [4.69, 9.17) is 4.74 Å². The van der Waals surface area contributed by atoms with Crippen LogP contribution in [0.1, 0.15) is 30.1 Å². The number of ether oxygens (including phenoxy) is 1. The molecule has 0 unspecified atom stereocenters. The number of hydrogen-bond acceptors (Lipinski definition) is 3. The lowest BCUT2D eigenvalue weighted by Crippen LogP contribution is -2.33. The summed E-state index contributed by atoms with van der Waals surface area (Å²) >= 11 is 0. The predicted octanol–water partition coefficient (Wildman–Crippen LogP) is 2.93. The van der Waals surface area contributed by atoms with Crippen LogP contribution >= 0.6 is 0 Å². The van der Waals surface area contributed by atoms with Gasteiger partial charge in [0.2, 0.25) is 6.10 Å². The number of esters is 1. The van der Waals surface area contributed by atoms with Gasteiger partial charge in [0.15, 0.2) is 0 Å². The van der Waals surface area contributed by atoms with Gasteiger partial charge in [-0.25, -0.2) is 4.39 Å². The SMILES string of the molecule is O=C(Cc1ccccc1F)O[C@H](C(=O)NC1CC1)c1ccccc1. The van der Waals surface area contributed by atoms with E-state index in [9.17, 15) is 14.0 Å². The first-order valence-corrected chi connectivity index (χ1v) is 7.91. The molecular formula is C19H18FNO3. The van der Waals surface area contributed by atoms with Gasteiger partial charge in [0.1, 0.15) is 5.82 Å². The first kappa shape index (κ1) is 16.2. The van der Waals surface area contributed by atoms with Crippen molar-refractivity contribution in [3.05, 3.63) is 71.5 Å². The van der Waals surface area contributed by atoms with Gasteiger partial charge in [0.05, 0.1) is 6.42 Å². The Hall–Kier alpha value is -2.69. The highest BCUT2D eigenvalue weighted by atomic mass is 19.1. The largest absolute Gasteiger partial charge is 0.447 e. The third kappa shape index (κ3) is 4.19. The third-order valence-electron chi connectivity index (χ3n) is 3.81. The first-order valence-electron chi connectivity index (χ1n) is 7.91. The quantitative estimate of drug-likeness (QED) is 0.830. The molecule has 2 aromatic carbocycles. The van der Waals surface area contributed by atoms with Gasteiger partial charge in [0, 0.05) is 11.6 Å². The van der Waals surface area contributed by atoms with Crippen molar-refractivity contribution < 1.29 is 18.7 Å². The number of halogens is 1. The Balaban J connectivity index is 1.72. The molecule has 1 N–H and O–H groups in total. The molecule has 1 atom stereocenters. The number of amides is 1. The first-order chi connectivity index (χ1) is 11.6. The van der Waals surface area contributed by atoms with Crippen LogP contribution in [0.2, 0.25) is 0 Å². The van der Waals surface area contributed by atoms with Crippen molar-refractivity contribution in [3.8, 4) is 0 Å². The average molecular weight is 327 g/mol. The highest BCUT2D eigenvalue weighted by Gasteiger charge is 2.30. The predicted molar refractivity (Wildman–Crippen MR) is 86.5 cm³/mol. The summed E-state index contributed by atoms with van der Waals surface area (Å²) in [6, 6.07) is 15.0. The van der Waals surface area contributed by atoms with Gasteiger partial charge in [-0.15, -0.1) is 0 Å². The summed E-state index contributed by atoms with van der Waals surface area (Å²) in [7, 11) is 0. The van der Waals surface area contributed by atoms with Crippen molar-refractivity contribution in [3.63, 3.8) is 0 Å². The fourth-order valence-electron chi connectivity index (χ4n) is 2.38. The second kappa shape index (κ2) is 7.25. The fourth-order valence-corrected chi connectivity index (χ4v) is 2.38. The highest BCUT2D eigenvalue weighted by molar-refractivity contribution is 5.85. The maximum Gasteiger partial charge on any atom is 0.311 e. The summed E-state index contributed by atoms with van der Waals surface area (Å²) in [5.74, 6) is -1.45. The van der Waals surface area contributed by atoms with Crippen LogP contribution in [-0.2, 0) is 20.7 Å². The summed E-state index contributed by atoms with van der Waals surface area (Å²) in [6.07, 6.45) is 0.644. The van der Waals surface area contributed by atoms with Crippen molar-refractivity contribution in [2.75, 3.05) is 0 Å². The minimum atomic E-state index is -1.02. The number of carbonyl (C=O) groups excluding carboxylic acids is 2. The summed E-state index contributed by atoms with van der Waals surface area (Å²) in [5.41, 5.74) is 0.842. The Morgan fingerprint density at radius 1 is 1.08 bits per heavy atom. The summed E-state index contributed by atoms with van der Waals surface area (Å²) < 4.78 is 19.0. The van der Waals surface area contributed by atoms with Gasteiger partial charge in [-0.05, 0) is 24.5 Å². The maximum atomic E-state index is 13.7. The Labute approximate surface area is 139 Å². The molecule has 0 bridgehead atoms. The van der Waals surface area contributed by atoms with Gasteiger partial charge >= 0.3 is 5.97 Å². The highest BCUT2D eigenvalue weighted by Crippen LogP contribution is 2.23. The maximum absolute atomic E-state index is 13.7. The van der Waals surface area contributed by atoms with Crippen LogP contribution in [0.15, 0.2) is 54.6 Å². The average Bonchev–Trinajstić information content (AvgIpc) is 3.39. The van der Waals surface area contributed by atoms with Crippen molar-refractivity contribution in [2.45, 2.75) is 31.4 Å². The number of rotatable bonds is 6. The van der Waals surface area contributed by atoms with Crippen molar-refractivity contribution in [1.82, 2.24) is 5.32 Å². The van der Waals surface area contributed by atoms with E-state index in [0.29, 0.717) is 5.56 Å². The second-order valence-corrected chi connectivity index (χ2v) is 5.83. The number of benzene rings is 2. The topological polar surface area (TPSA) is 55.4 Å². The molecule has 1 fully saturated rings. The van der Waals surface area contributed by atoms with E-state index in [2.05, 4.69) is 5.32 Å². The van der Waals surface area contributed by atoms with Crippen LogP contribution < -0.4 is 5.32 Å². The summed E-state index contributed by atoms with van der Waals surface area (Å²) in [4.78, 5) is 24.6. The van der Waals surface area contributed by atoms with Gasteiger partial charge in [-0.2, -0.15) is 0 Å². The molecule has 5 heteroatoms. The van der Waals surface area contributed by atoms with Crippen LogP contribution in [0.4, 0.5) is 4.39 Å². The lowest BCUT2D eigenvalue weighted by Gasteiger charge is -2.18. The molecule has 2 aromatic rings. The molecule has 24 heavy (non-hydrogen) atoms. The van der Waals surface area contributed by atoms with Crippen molar-refractivity contribution >= 4 is 11.9 Å². The Kier molecular flexibility index (Phi) is 4.89. The molecule has 0 radical (unpaired) electrons. The minimum Gasteiger partial charge on any atom is -0.447 e. The van der Waals surface area contributed by atoms with Crippen LogP contribution in [0, 0.1) is 5.82 Å². The monoisotopic (exact) mass is 327 g/mol. The van der Waals surface area contributed by atoms with E-state index in [1.165, 1.54) is 12.1 Å². The van der Waals surface area contributed by atoms with Crippen molar-refractivity contribution in [1.29, 1.82) is 0 Å². The Bertz CT molecular complexity index is 728. The molecule has 1 saturated carbocycles. The summed E-state index contributed by atoms with van der Waals surface area (Å²) in [6.45, 7) is 0. The standard InChI is InChI=1S/C19H18FNO3/c20-16-9-5-4-8-14(16)12-17(22)24-18(13-6-2-1-3-7-13)19(23)21-15-10-11-15/h1-9,15,18H,10-12H2,(H,21,23)/t18-/m0/s1. The van der Waals surface area contributed by atoms with E-state index in [1.54, 1.807) is 36.4 Å². The molecule has 0 heterocycles. The van der Waals surface area contributed by atoms with Gasteiger partial charge in [0.25, 0.3) is 5.91 Å². The lowest BCUT2D eigenvalue weighted by atomic mass is 10.1. The summed E-state index contributed by atoms with van der Waals surface area (Å²) in [5, 5.41) is 2.84. The molecule has 0 spiro atoms. The molecular weight excluding hydrogens is 309 g/mol. The number of nitrogens with one attached hydrogen (secondary N) is 1. The van der Waals surface area contributed by atoms with Crippen LogP contribution in [0.25, 0.3) is 0 Å².